The maximum atomic E-state index is 12.9. The summed E-state index contributed by atoms with van der Waals surface area (Å²) in [4.78, 5) is 16.0. The smallest absolute Gasteiger partial charge is 0.352 e. The molecule has 0 spiro atoms. The van der Waals surface area contributed by atoms with Gasteiger partial charge >= 0.3 is 12.2 Å². The van der Waals surface area contributed by atoms with Crippen molar-refractivity contribution in [3.05, 3.63) is 70.2 Å². The van der Waals surface area contributed by atoms with Crippen molar-refractivity contribution in [1.29, 1.82) is 0 Å². The first-order valence-electron chi connectivity index (χ1n) is 9.98. The van der Waals surface area contributed by atoms with E-state index in [9.17, 15) is 18.0 Å². The Morgan fingerprint density at radius 1 is 0.939 bits per heavy atom. The van der Waals surface area contributed by atoms with Crippen molar-refractivity contribution in [1.82, 2.24) is 15.1 Å². The van der Waals surface area contributed by atoms with Crippen LogP contribution in [0.5, 0.6) is 0 Å². The topological polar surface area (TPSA) is 61.4 Å². The SMILES string of the molecule is O=C(Nc1cccc(C(F)(F)F)c1)N1CCN(c2ccc(-c3ccc(Cl)cc3Cl)nn2)CC1. The average molecular weight is 496 g/mol. The molecule has 1 saturated heterocycles. The molecular formula is C22H18Cl2F3N5O. The van der Waals surface area contributed by atoms with Crippen LogP contribution in [0.2, 0.25) is 10.0 Å². The number of halogens is 5. The van der Waals surface area contributed by atoms with E-state index >= 15 is 0 Å². The second-order valence-electron chi connectivity index (χ2n) is 7.38. The highest BCUT2D eigenvalue weighted by atomic mass is 35.5. The molecule has 1 fully saturated rings. The molecule has 0 atom stereocenters. The number of piperazine rings is 1. The molecule has 172 valence electrons. The van der Waals surface area contributed by atoms with Crippen LogP contribution in [0, 0.1) is 0 Å². The molecule has 0 aliphatic carbocycles. The quantitative estimate of drug-likeness (QED) is 0.496. The zero-order valence-electron chi connectivity index (χ0n) is 17.1. The molecule has 1 N–H and O–H groups in total. The van der Waals surface area contributed by atoms with Gasteiger partial charge in [0.2, 0.25) is 0 Å². The number of amides is 2. The van der Waals surface area contributed by atoms with Crippen LogP contribution in [0.3, 0.4) is 0 Å². The maximum absolute atomic E-state index is 12.9. The number of nitrogens with zero attached hydrogens (tertiary/aromatic N) is 4. The zero-order chi connectivity index (χ0) is 23.6. The van der Waals surface area contributed by atoms with Crippen molar-refractivity contribution in [3.63, 3.8) is 0 Å². The number of carbonyl (C=O) groups excluding carboxylic acids is 1. The maximum Gasteiger partial charge on any atom is 0.416 e. The van der Waals surface area contributed by atoms with Crippen LogP contribution in [0.4, 0.5) is 29.5 Å². The van der Waals surface area contributed by atoms with Crippen molar-refractivity contribution in [2.45, 2.75) is 6.18 Å². The summed E-state index contributed by atoms with van der Waals surface area (Å²) >= 11 is 12.2. The molecule has 11 heteroatoms. The highest BCUT2D eigenvalue weighted by molar-refractivity contribution is 6.36. The Morgan fingerprint density at radius 2 is 1.70 bits per heavy atom. The summed E-state index contributed by atoms with van der Waals surface area (Å²) in [7, 11) is 0. The number of benzene rings is 2. The summed E-state index contributed by atoms with van der Waals surface area (Å²) in [6.07, 6.45) is -4.47. The molecule has 0 radical (unpaired) electrons. The lowest BCUT2D eigenvalue weighted by Gasteiger charge is -2.35. The molecule has 1 aromatic heterocycles. The molecule has 6 nitrogen and oxygen atoms in total. The molecule has 33 heavy (non-hydrogen) atoms. The highest BCUT2D eigenvalue weighted by Gasteiger charge is 2.30. The van der Waals surface area contributed by atoms with E-state index in [0.717, 1.165) is 17.7 Å². The normalized spacial score (nSPS) is 14.3. The number of anilines is 2. The molecular weight excluding hydrogens is 478 g/mol. The highest BCUT2D eigenvalue weighted by Crippen LogP contribution is 2.31. The first-order chi connectivity index (χ1) is 15.7. The molecule has 1 aliphatic heterocycles. The Labute approximate surface area is 197 Å². The predicted octanol–water partition coefficient (Wildman–Crippen LogP) is 5.82. The summed E-state index contributed by atoms with van der Waals surface area (Å²) in [5.41, 5.74) is 0.613. The Hall–Kier alpha value is -3.04. The van der Waals surface area contributed by atoms with Gasteiger partial charge < -0.3 is 15.1 Å². The number of carbonyl (C=O) groups is 1. The van der Waals surface area contributed by atoms with E-state index in [1.807, 2.05) is 17.0 Å². The molecule has 0 saturated carbocycles. The van der Waals surface area contributed by atoms with Gasteiger partial charge in [-0.2, -0.15) is 13.2 Å². The molecule has 0 unspecified atom stereocenters. The van der Waals surface area contributed by atoms with E-state index in [0.29, 0.717) is 47.7 Å². The third kappa shape index (κ3) is 5.48. The van der Waals surface area contributed by atoms with Gasteiger partial charge in [0.25, 0.3) is 0 Å². The van der Waals surface area contributed by atoms with Crippen LogP contribution < -0.4 is 10.2 Å². The lowest BCUT2D eigenvalue weighted by atomic mass is 10.1. The third-order valence-corrected chi connectivity index (χ3v) is 5.74. The van der Waals surface area contributed by atoms with Gasteiger partial charge in [-0.25, -0.2) is 4.79 Å². The molecule has 0 bridgehead atoms. The largest absolute Gasteiger partial charge is 0.416 e. The lowest BCUT2D eigenvalue weighted by Crippen LogP contribution is -2.50. The average Bonchev–Trinajstić information content (AvgIpc) is 2.79. The Morgan fingerprint density at radius 3 is 2.33 bits per heavy atom. The summed E-state index contributed by atoms with van der Waals surface area (Å²) in [6, 6.07) is 12.9. The van der Waals surface area contributed by atoms with Gasteiger partial charge in [-0.3, -0.25) is 0 Å². The van der Waals surface area contributed by atoms with Crippen LogP contribution >= 0.6 is 23.2 Å². The molecule has 2 heterocycles. The fourth-order valence-electron chi connectivity index (χ4n) is 3.45. The van der Waals surface area contributed by atoms with Crippen LogP contribution in [0.15, 0.2) is 54.6 Å². The van der Waals surface area contributed by atoms with E-state index in [-0.39, 0.29) is 5.69 Å². The molecule has 3 aromatic rings. The number of hydrogen-bond acceptors (Lipinski definition) is 4. The Bertz CT molecular complexity index is 1150. The molecule has 1 aliphatic rings. The third-order valence-electron chi connectivity index (χ3n) is 5.19. The molecule has 2 aromatic carbocycles. The first-order valence-corrected chi connectivity index (χ1v) is 10.7. The number of urea groups is 1. The Balaban J connectivity index is 1.35. The second kappa shape index (κ2) is 9.44. The van der Waals surface area contributed by atoms with Crippen LogP contribution in [-0.4, -0.2) is 47.3 Å². The van der Waals surface area contributed by atoms with Crippen molar-refractivity contribution < 1.29 is 18.0 Å². The molecule has 4 rings (SSSR count). The van der Waals surface area contributed by atoms with Gasteiger partial charge in [-0.1, -0.05) is 29.3 Å². The fourth-order valence-corrected chi connectivity index (χ4v) is 3.95. The van der Waals surface area contributed by atoms with Crippen molar-refractivity contribution in [3.8, 4) is 11.3 Å². The van der Waals surface area contributed by atoms with Crippen LogP contribution in [-0.2, 0) is 6.18 Å². The number of rotatable bonds is 3. The minimum Gasteiger partial charge on any atom is -0.352 e. The van der Waals surface area contributed by atoms with Crippen LogP contribution in [0.1, 0.15) is 5.56 Å². The van der Waals surface area contributed by atoms with Crippen molar-refractivity contribution >= 4 is 40.7 Å². The number of alkyl halides is 3. The van der Waals surface area contributed by atoms with Crippen LogP contribution in [0.25, 0.3) is 11.3 Å². The van der Waals surface area contributed by atoms with Gasteiger partial charge in [0, 0.05) is 42.5 Å². The van der Waals surface area contributed by atoms with E-state index in [2.05, 4.69) is 15.5 Å². The minimum atomic E-state index is -4.47. The van der Waals surface area contributed by atoms with Gasteiger partial charge in [0.15, 0.2) is 5.82 Å². The second-order valence-corrected chi connectivity index (χ2v) is 8.23. The van der Waals surface area contributed by atoms with Gasteiger partial charge in [-0.15, -0.1) is 10.2 Å². The number of hydrogen-bond donors (Lipinski definition) is 1. The number of aromatic nitrogens is 2. The summed E-state index contributed by atoms with van der Waals surface area (Å²) < 4.78 is 38.6. The van der Waals surface area contributed by atoms with E-state index in [1.165, 1.54) is 12.1 Å². The summed E-state index contributed by atoms with van der Waals surface area (Å²) in [5.74, 6) is 0.654. The predicted molar refractivity (Wildman–Crippen MR) is 122 cm³/mol. The summed E-state index contributed by atoms with van der Waals surface area (Å²) in [5, 5.41) is 12.1. The zero-order valence-corrected chi connectivity index (χ0v) is 18.6. The first kappa shape index (κ1) is 23.1. The van der Waals surface area contributed by atoms with E-state index in [1.54, 1.807) is 23.1 Å². The minimum absolute atomic E-state index is 0.0968. The van der Waals surface area contributed by atoms with Gasteiger partial charge in [0.05, 0.1) is 16.3 Å². The number of nitrogens with one attached hydrogen (secondary N) is 1. The van der Waals surface area contributed by atoms with Crippen molar-refractivity contribution in [2.24, 2.45) is 0 Å². The fraction of sp³-hybridized carbons (Fsp3) is 0.227. The van der Waals surface area contributed by atoms with Crippen molar-refractivity contribution in [2.75, 3.05) is 36.4 Å². The monoisotopic (exact) mass is 495 g/mol. The van der Waals surface area contributed by atoms with Gasteiger partial charge in [0.1, 0.15) is 0 Å². The van der Waals surface area contributed by atoms with E-state index in [4.69, 9.17) is 23.2 Å². The Kier molecular flexibility index (Phi) is 6.62. The lowest BCUT2D eigenvalue weighted by molar-refractivity contribution is -0.137. The van der Waals surface area contributed by atoms with E-state index < -0.39 is 17.8 Å². The van der Waals surface area contributed by atoms with Gasteiger partial charge in [-0.05, 0) is 48.5 Å². The standard InChI is InChI=1S/C22H18Cl2F3N5O/c23-15-4-5-17(18(24)13-15)19-6-7-20(30-29-19)31-8-10-32(11-9-31)21(33)28-16-3-1-2-14(12-16)22(25,26)27/h1-7,12-13H,8-11H2,(H,28,33). The molecule has 2 amide bonds. The summed E-state index contributed by atoms with van der Waals surface area (Å²) in [6.45, 7) is 1.78.